The standard InChI is InChI=1S/C20H22N4O3/c25-19(26)7-6-17(12-15-4-2-1-3-5-15)23-20(27)22-14-16-8-10-24-11-9-21-18(24)13-16/h1-5,8-11,13,17H,6-7,12,14H2,(H,25,26)(H2,22,23,27). The van der Waals surface area contributed by atoms with Gasteiger partial charge in [-0.05, 0) is 36.1 Å². The summed E-state index contributed by atoms with van der Waals surface area (Å²) >= 11 is 0. The quantitative estimate of drug-likeness (QED) is 0.571. The third-order valence-electron chi connectivity index (χ3n) is 4.28. The molecule has 0 fully saturated rings. The molecule has 0 spiro atoms. The average Bonchev–Trinajstić information content (AvgIpc) is 3.13. The van der Waals surface area contributed by atoms with Crippen LogP contribution in [0.15, 0.2) is 61.1 Å². The van der Waals surface area contributed by atoms with Crippen LogP contribution in [-0.4, -0.2) is 32.5 Å². The van der Waals surface area contributed by atoms with Crippen LogP contribution < -0.4 is 10.6 Å². The molecule has 0 saturated carbocycles. The Bertz CT molecular complexity index is 908. The maximum Gasteiger partial charge on any atom is 0.315 e. The number of aliphatic carboxylic acids is 1. The molecule has 1 atom stereocenters. The molecular formula is C20H22N4O3. The molecule has 0 aliphatic carbocycles. The van der Waals surface area contributed by atoms with E-state index in [1.165, 1.54) is 0 Å². The Hall–Kier alpha value is -3.35. The molecule has 0 aliphatic rings. The second kappa shape index (κ2) is 8.84. The van der Waals surface area contributed by atoms with Gasteiger partial charge < -0.3 is 20.1 Å². The zero-order valence-corrected chi connectivity index (χ0v) is 14.8. The first-order valence-electron chi connectivity index (χ1n) is 8.82. The van der Waals surface area contributed by atoms with Crippen molar-refractivity contribution in [3.8, 4) is 0 Å². The Labute approximate surface area is 157 Å². The summed E-state index contributed by atoms with van der Waals surface area (Å²) in [5, 5.41) is 14.7. The predicted octanol–water partition coefficient (Wildman–Crippen LogP) is 2.61. The molecule has 3 aromatic rings. The van der Waals surface area contributed by atoms with Crippen molar-refractivity contribution in [1.29, 1.82) is 0 Å². The molecule has 3 N–H and O–H groups in total. The van der Waals surface area contributed by atoms with Crippen molar-refractivity contribution < 1.29 is 14.7 Å². The number of urea groups is 1. The van der Waals surface area contributed by atoms with Crippen LogP contribution in [0.2, 0.25) is 0 Å². The number of nitrogens with one attached hydrogen (secondary N) is 2. The number of fused-ring (bicyclic) bond motifs is 1. The van der Waals surface area contributed by atoms with Crippen molar-refractivity contribution >= 4 is 17.6 Å². The monoisotopic (exact) mass is 366 g/mol. The number of imidazole rings is 1. The number of hydrogen-bond donors (Lipinski definition) is 3. The molecule has 140 valence electrons. The highest BCUT2D eigenvalue weighted by Crippen LogP contribution is 2.09. The molecule has 0 aliphatic heterocycles. The zero-order chi connectivity index (χ0) is 19.1. The summed E-state index contributed by atoms with van der Waals surface area (Å²) in [7, 11) is 0. The fourth-order valence-corrected chi connectivity index (χ4v) is 2.90. The number of hydrogen-bond acceptors (Lipinski definition) is 3. The molecule has 2 heterocycles. The molecule has 27 heavy (non-hydrogen) atoms. The second-order valence-electron chi connectivity index (χ2n) is 6.37. The van der Waals surface area contributed by atoms with Crippen LogP contribution in [0.25, 0.3) is 5.65 Å². The van der Waals surface area contributed by atoms with E-state index in [0.29, 0.717) is 19.4 Å². The number of carbonyl (C=O) groups is 2. The van der Waals surface area contributed by atoms with Crippen LogP contribution >= 0.6 is 0 Å². The second-order valence-corrected chi connectivity index (χ2v) is 6.37. The molecule has 0 saturated heterocycles. The lowest BCUT2D eigenvalue weighted by Gasteiger charge is -2.19. The van der Waals surface area contributed by atoms with E-state index in [1.54, 1.807) is 6.20 Å². The highest BCUT2D eigenvalue weighted by atomic mass is 16.4. The Balaban J connectivity index is 1.56. The Kier molecular flexibility index (Phi) is 6.04. The topological polar surface area (TPSA) is 95.7 Å². The Morgan fingerprint density at radius 2 is 1.93 bits per heavy atom. The van der Waals surface area contributed by atoms with Gasteiger partial charge in [0.2, 0.25) is 0 Å². The van der Waals surface area contributed by atoms with Gasteiger partial charge in [-0.2, -0.15) is 0 Å². The number of carbonyl (C=O) groups excluding carboxylic acids is 1. The lowest BCUT2D eigenvalue weighted by Crippen LogP contribution is -2.43. The van der Waals surface area contributed by atoms with Crippen LogP contribution in [-0.2, 0) is 17.8 Å². The van der Waals surface area contributed by atoms with Crippen molar-refractivity contribution in [2.24, 2.45) is 0 Å². The minimum absolute atomic E-state index is 0.00826. The van der Waals surface area contributed by atoms with Crippen molar-refractivity contribution in [1.82, 2.24) is 20.0 Å². The van der Waals surface area contributed by atoms with Crippen molar-refractivity contribution in [3.05, 3.63) is 72.2 Å². The number of aromatic nitrogens is 2. The maximum atomic E-state index is 12.3. The molecular weight excluding hydrogens is 344 g/mol. The van der Waals surface area contributed by atoms with E-state index in [0.717, 1.165) is 16.8 Å². The number of benzene rings is 1. The number of nitrogens with zero attached hydrogens (tertiary/aromatic N) is 2. The smallest absolute Gasteiger partial charge is 0.315 e. The molecule has 1 unspecified atom stereocenters. The van der Waals surface area contributed by atoms with Crippen LogP contribution in [0.3, 0.4) is 0 Å². The summed E-state index contributed by atoms with van der Waals surface area (Å²) in [4.78, 5) is 27.4. The van der Waals surface area contributed by atoms with E-state index in [4.69, 9.17) is 5.11 Å². The highest BCUT2D eigenvalue weighted by molar-refractivity contribution is 5.74. The van der Waals surface area contributed by atoms with Gasteiger partial charge in [0.05, 0.1) is 0 Å². The molecule has 2 amide bonds. The van der Waals surface area contributed by atoms with Crippen molar-refractivity contribution in [3.63, 3.8) is 0 Å². The largest absolute Gasteiger partial charge is 0.481 e. The van der Waals surface area contributed by atoms with Crippen LogP contribution in [0.5, 0.6) is 0 Å². The van der Waals surface area contributed by atoms with Crippen LogP contribution in [0, 0.1) is 0 Å². The number of amides is 2. The fraction of sp³-hybridized carbons (Fsp3) is 0.250. The van der Waals surface area contributed by atoms with E-state index in [-0.39, 0.29) is 18.5 Å². The number of carboxylic acid groups (broad SMARTS) is 1. The van der Waals surface area contributed by atoms with Gasteiger partial charge in [-0.25, -0.2) is 9.78 Å². The molecule has 3 rings (SSSR count). The fourth-order valence-electron chi connectivity index (χ4n) is 2.90. The maximum absolute atomic E-state index is 12.3. The Morgan fingerprint density at radius 1 is 1.11 bits per heavy atom. The van der Waals surface area contributed by atoms with E-state index in [1.807, 2.05) is 59.3 Å². The molecule has 7 nitrogen and oxygen atoms in total. The number of rotatable bonds is 8. The molecule has 2 aromatic heterocycles. The summed E-state index contributed by atoms with van der Waals surface area (Å²) < 4.78 is 1.89. The lowest BCUT2D eigenvalue weighted by molar-refractivity contribution is -0.137. The number of carboxylic acids is 1. The first kappa shape index (κ1) is 18.4. The zero-order valence-electron chi connectivity index (χ0n) is 14.8. The molecule has 0 bridgehead atoms. The van der Waals surface area contributed by atoms with Gasteiger partial charge in [-0.1, -0.05) is 30.3 Å². The third kappa shape index (κ3) is 5.57. The van der Waals surface area contributed by atoms with Gasteiger partial charge in [-0.3, -0.25) is 4.79 Å². The van der Waals surface area contributed by atoms with Gasteiger partial charge >= 0.3 is 12.0 Å². The lowest BCUT2D eigenvalue weighted by atomic mass is 10.0. The highest BCUT2D eigenvalue weighted by Gasteiger charge is 2.14. The van der Waals surface area contributed by atoms with Gasteiger partial charge in [0.15, 0.2) is 0 Å². The first-order chi connectivity index (χ1) is 13.1. The van der Waals surface area contributed by atoms with Crippen LogP contribution in [0.4, 0.5) is 4.79 Å². The van der Waals surface area contributed by atoms with Gasteiger partial charge in [0.25, 0.3) is 0 Å². The van der Waals surface area contributed by atoms with E-state index in [9.17, 15) is 9.59 Å². The summed E-state index contributed by atoms with van der Waals surface area (Å²) in [6.07, 6.45) is 6.43. The van der Waals surface area contributed by atoms with E-state index < -0.39 is 5.97 Å². The summed E-state index contributed by atoms with van der Waals surface area (Å²) in [5.41, 5.74) is 2.81. The molecule has 0 radical (unpaired) electrons. The normalized spacial score (nSPS) is 11.9. The van der Waals surface area contributed by atoms with Crippen molar-refractivity contribution in [2.75, 3.05) is 0 Å². The Morgan fingerprint density at radius 3 is 2.70 bits per heavy atom. The van der Waals surface area contributed by atoms with Gasteiger partial charge in [0, 0.05) is 37.6 Å². The van der Waals surface area contributed by atoms with E-state index in [2.05, 4.69) is 15.6 Å². The summed E-state index contributed by atoms with van der Waals surface area (Å²) in [6, 6.07) is 13.0. The SMILES string of the molecule is O=C(O)CCC(Cc1ccccc1)NC(=O)NCc1ccn2ccnc2c1. The van der Waals surface area contributed by atoms with Crippen molar-refractivity contribution in [2.45, 2.75) is 31.8 Å². The summed E-state index contributed by atoms with van der Waals surface area (Å²) in [6.45, 7) is 0.367. The molecule has 1 aromatic carbocycles. The van der Waals surface area contributed by atoms with E-state index >= 15 is 0 Å². The minimum Gasteiger partial charge on any atom is -0.481 e. The predicted molar refractivity (Wildman–Crippen MR) is 101 cm³/mol. The summed E-state index contributed by atoms with van der Waals surface area (Å²) in [5.74, 6) is -0.872. The van der Waals surface area contributed by atoms with Gasteiger partial charge in [0.1, 0.15) is 5.65 Å². The van der Waals surface area contributed by atoms with Gasteiger partial charge in [-0.15, -0.1) is 0 Å². The molecule has 7 heteroatoms. The minimum atomic E-state index is -0.872. The number of pyridine rings is 1. The van der Waals surface area contributed by atoms with Crippen LogP contribution in [0.1, 0.15) is 24.0 Å². The first-order valence-corrected chi connectivity index (χ1v) is 8.82. The third-order valence-corrected chi connectivity index (χ3v) is 4.28. The average molecular weight is 366 g/mol.